The fourth-order valence-electron chi connectivity index (χ4n) is 0.906. The number of ether oxygens (including phenoxy) is 1. The van der Waals surface area contributed by atoms with Crippen LogP contribution in [0, 0.1) is 0 Å². The molecule has 0 aromatic heterocycles. The molecule has 0 aliphatic heterocycles. The summed E-state index contributed by atoms with van der Waals surface area (Å²) in [5, 5.41) is -1.46. The first-order chi connectivity index (χ1) is 7.06. The Morgan fingerprint density at radius 2 is 2.07 bits per heavy atom. The van der Waals surface area contributed by atoms with Crippen molar-refractivity contribution < 1.29 is 14.1 Å². The van der Waals surface area contributed by atoms with Crippen LogP contribution in [0.2, 0.25) is 0 Å². The average molecular weight is 225 g/mol. The van der Waals surface area contributed by atoms with Crippen molar-refractivity contribution in [1.29, 1.82) is 0 Å². The normalized spacial score (nSPS) is 14.5. The summed E-state index contributed by atoms with van der Waals surface area (Å²) in [6.07, 6.45) is 0. The monoisotopic (exact) mass is 225 g/mol. The Hall–Kier alpha value is -1.25. The van der Waals surface area contributed by atoms with Gasteiger partial charge < -0.3 is 10.5 Å². The van der Waals surface area contributed by atoms with E-state index in [1.165, 1.54) is 6.92 Å². The lowest BCUT2D eigenvalue weighted by molar-refractivity contribution is -0.147. The number of rotatable bonds is 4. The first-order valence-corrected chi connectivity index (χ1v) is 5.22. The highest BCUT2D eigenvalue weighted by Gasteiger charge is 2.30. The Kier molecular flexibility index (Phi) is 3.95. The van der Waals surface area contributed by atoms with Gasteiger partial charge in [-0.2, -0.15) is 0 Å². The molecular formula is C10H12NO3P. The Labute approximate surface area is 89.6 Å². The first kappa shape index (κ1) is 11.8. The van der Waals surface area contributed by atoms with E-state index in [2.05, 4.69) is 0 Å². The lowest BCUT2D eigenvalue weighted by atomic mass is 10.2. The van der Waals surface area contributed by atoms with Gasteiger partial charge in [0.1, 0.15) is 6.61 Å². The molecule has 0 fully saturated rings. The van der Waals surface area contributed by atoms with E-state index in [0.29, 0.717) is 0 Å². The van der Waals surface area contributed by atoms with Gasteiger partial charge in [0, 0.05) is 0 Å². The Balaban J connectivity index is 2.52. The molecule has 0 amide bonds. The molecule has 1 atom stereocenters. The third-order valence-corrected chi connectivity index (χ3v) is 2.38. The molecule has 5 heteroatoms. The number of hydrogen-bond acceptors (Lipinski definition) is 4. The molecule has 1 rings (SSSR count). The molecule has 0 saturated carbocycles. The van der Waals surface area contributed by atoms with Gasteiger partial charge in [0.05, 0.1) is 0 Å². The molecule has 1 unspecified atom stereocenters. The highest BCUT2D eigenvalue weighted by atomic mass is 31.1. The quantitative estimate of drug-likeness (QED) is 0.625. The van der Waals surface area contributed by atoms with Crippen LogP contribution < -0.4 is 5.73 Å². The summed E-state index contributed by atoms with van der Waals surface area (Å²) in [6, 6.07) is 9.22. The second-order valence-corrected chi connectivity index (χ2v) is 4.41. The van der Waals surface area contributed by atoms with Crippen LogP contribution in [0.4, 0.5) is 0 Å². The van der Waals surface area contributed by atoms with Crippen LogP contribution in [-0.2, 0) is 20.7 Å². The van der Waals surface area contributed by atoms with Crippen molar-refractivity contribution in [2.75, 3.05) is 0 Å². The Morgan fingerprint density at radius 1 is 1.47 bits per heavy atom. The molecular weight excluding hydrogens is 213 g/mol. The molecule has 0 radical (unpaired) electrons. The first-order valence-electron chi connectivity index (χ1n) is 4.41. The zero-order valence-electron chi connectivity index (χ0n) is 8.34. The minimum atomic E-state index is -1.46. The predicted octanol–water partition coefficient (Wildman–Crippen LogP) is 1.70. The average Bonchev–Trinajstić information content (AvgIpc) is 2.27. The van der Waals surface area contributed by atoms with Crippen molar-refractivity contribution in [3.63, 3.8) is 0 Å². The summed E-state index contributed by atoms with van der Waals surface area (Å²) in [6.45, 7) is 1.50. The standard InChI is InChI=1S/C10H12NO3P/c1-10(11,15-13)9(12)14-7-8-5-3-2-4-6-8/h2-6H,7,11H2,1H3. The van der Waals surface area contributed by atoms with E-state index in [1.54, 1.807) is 0 Å². The van der Waals surface area contributed by atoms with Gasteiger partial charge in [-0.15, -0.1) is 0 Å². The van der Waals surface area contributed by atoms with E-state index < -0.39 is 19.7 Å². The largest absolute Gasteiger partial charge is 0.459 e. The molecule has 15 heavy (non-hydrogen) atoms. The molecule has 4 nitrogen and oxygen atoms in total. The Morgan fingerprint density at radius 3 is 2.60 bits per heavy atom. The third-order valence-electron chi connectivity index (χ3n) is 1.82. The van der Waals surface area contributed by atoms with Gasteiger partial charge in [0.15, 0.2) is 13.7 Å². The van der Waals surface area contributed by atoms with Gasteiger partial charge in [0.25, 0.3) is 0 Å². The number of carbonyl (C=O) groups is 1. The van der Waals surface area contributed by atoms with E-state index in [-0.39, 0.29) is 6.61 Å². The Bertz CT molecular complexity index is 351. The van der Waals surface area contributed by atoms with Gasteiger partial charge in [-0.1, -0.05) is 30.3 Å². The van der Waals surface area contributed by atoms with Crippen LogP contribution in [0.15, 0.2) is 30.3 Å². The maximum absolute atomic E-state index is 11.3. The molecule has 0 spiro atoms. The van der Waals surface area contributed by atoms with Crippen LogP contribution in [-0.4, -0.2) is 11.2 Å². The minimum absolute atomic E-state index is 0.141. The summed E-state index contributed by atoms with van der Waals surface area (Å²) in [7, 11) is -0.445. The van der Waals surface area contributed by atoms with Gasteiger partial charge in [-0.3, -0.25) is 4.57 Å². The number of benzene rings is 1. The molecule has 0 aliphatic carbocycles. The zero-order valence-corrected chi connectivity index (χ0v) is 9.24. The zero-order chi connectivity index (χ0) is 11.3. The van der Waals surface area contributed by atoms with Crippen molar-refractivity contribution >= 4 is 14.4 Å². The van der Waals surface area contributed by atoms with E-state index in [1.807, 2.05) is 30.3 Å². The van der Waals surface area contributed by atoms with E-state index >= 15 is 0 Å². The number of carbonyl (C=O) groups excluding carboxylic acids is 1. The smallest absolute Gasteiger partial charge is 0.338 e. The van der Waals surface area contributed by atoms with Gasteiger partial charge in [0.2, 0.25) is 0 Å². The number of hydrogen-bond donors (Lipinski definition) is 1. The predicted molar refractivity (Wildman–Crippen MR) is 56.4 cm³/mol. The summed E-state index contributed by atoms with van der Waals surface area (Å²) >= 11 is 0. The molecule has 80 valence electrons. The molecule has 0 saturated heterocycles. The highest BCUT2D eigenvalue weighted by molar-refractivity contribution is 7.27. The van der Waals surface area contributed by atoms with E-state index in [0.717, 1.165) is 5.56 Å². The highest BCUT2D eigenvalue weighted by Crippen LogP contribution is 2.17. The van der Waals surface area contributed by atoms with Gasteiger partial charge in [-0.25, -0.2) is 4.79 Å². The topological polar surface area (TPSA) is 69.4 Å². The fourth-order valence-corrected chi connectivity index (χ4v) is 1.05. The van der Waals surface area contributed by atoms with Crippen LogP contribution in [0.5, 0.6) is 0 Å². The number of esters is 1. The van der Waals surface area contributed by atoms with Crippen LogP contribution in [0.25, 0.3) is 0 Å². The van der Waals surface area contributed by atoms with E-state index in [4.69, 9.17) is 10.5 Å². The maximum atomic E-state index is 11.3. The number of nitrogens with two attached hydrogens (primary N) is 1. The lowest BCUT2D eigenvalue weighted by Crippen LogP contribution is -2.40. The lowest BCUT2D eigenvalue weighted by Gasteiger charge is -2.14. The summed E-state index contributed by atoms with van der Waals surface area (Å²) in [5.41, 5.74) is 6.29. The van der Waals surface area contributed by atoms with Crippen LogP contribution >= 0.6 is 8.46 Å². The second kappa shape index (κ2) is 5.01. The summed E-state index contributed by atoms with van der Waals surface area (Å²) in [5.74, 6) is -0.678. The minimum Gasteiger partial charge on any atom is -0.459 e. The van der Waals surface area contributed by atoms with Crippen molar-refractivity contribution in [2.24, 2.45) is 5.73 Å². The molecule has 1 aromatic rings. The molecule has 1 aromatic carbocycles. The second-order valence-electron chi connectivity index (χ2n) is 3.30. The van der Waals surface area contributed by atoms with Crippen molar-refractivity contribution in [3.8, 4) is 0 Å². The molecule has 0 aliphatic rings. The van der Waals surface area contributed by atoms with Crippen molar-refractivity contribution in [3.05, 3.63) is 35.9 Å². The third kappa shape index (κ3) is 3.42. The van der Waals surface area contributed by atoms with Gasteiger partial charge in [-0.05, 0) is 12.5 Å². The van der Waals surface area contributed by atoms with Crippen molar-refractivity contribution in [2.45, 2.75) is 18.8 Å². The summed E-state index contributed by atoms with van der Waals surface area (Å²) in [4.78, 5) is 11.3. The molecule has 0 heterocycles. The SMILES string of the molecule is CC(N)(P=O)C(=O)OCc1ccccc1. The van der Waals surface area contributed by atoms with E-state index in [9.17, 15) is 9.36 Å². The van der Waals surface area contributed by atoms with Crippen LogP contribution in [0.3, 0.4) is 0 Å². The fraction of sp³-hybridized carbons (Fsp3) is 0.300. The molecule has 0 bridgehead atoms. The maximum Gasteiger partial charge on any atom is 0.338 e. The summed E-state index contributed by atoms with van der Waals surface area (Å²) < 4.78 is 15.5. The van der Waals surface area contributed by atoms with Crippen LogP contribution in [0.1, 0.15) is 12.5 Å². The van der Waals surface area contributed by atoms with Gasteiger partial charge >= 0.3 is 5.97 Å². The van der Waals surface area contributed by atoms with Crippen molar-refractivity contribution in [1.82, 2.24) is 0 Å². The molecule has 2 N–H and O–H groups in total.